The minimum absolute atomic E-state index is 0.384. The van der Waals surface area contributed by atoms with Gasteiger partial charge in [0.25, 0.3) is 0 Å². The van der Waals surface area contributed by atoms with Crippen LogP contribution in [0, 0.1) is 13.8 Å². The highest BCUT2D eigenvalue weighted by molar-refractivity contribution is 7.80. The molecule has 0 aliphatic rings. The molecule has 0 radical (unpaired) electrons. The Balaban J connectivity index is 3.25. The summed E-state index contributed by atoms with van der Waals surface area (Å²) >= 11 is 4.45. The number of hydrogen-bond acceptors (Lipinski definition) is 4. The molecule has 5 heteroatoms. The van der Waals surface area contributed by atoms with E-state index in [1.54, 1.807) is 7.05 Å². The average Bonchev–Trinajstić information content (AvgIpc) is 2.31. The number of amides is 1. The summed E-state index contributed by atoms with van der Waals surface area (Å²) in [7, 11) is 1.71. The lowest BCUT2D eigenvalue weighted by Crippen LogP contribution is -2.35. The van der Waals surface area contributed by atoms with Gasteiger partial charge in [0, 0.05) is 18.5 Å². The highest BCUT2D eigenvalue weighted by Crippen LogP contribution is 2.32. The summed E-state index contributed by atoms with van der Waals surface area (Å²) in [5.41, 5.74) is 8.94. The van der Waals surface area contributed by atoms with Crippen molar-refractivity contribution in [3.05, 3.63) is 22.8 Å². The van der Waals surface area contributed by atoms with Crippen molar-refractivity contribution in [1.82, 2.24) is 0 Å². The third-order valence-electron chi connectivity index (χ3n) is 3.11. The van der Waals surface area contributed by atoms with Crippen LogP contribution in [-0.2, 0) is 11.3 Å². The van der Waals surface area contributed by atoms with E-state index in [1.807, 2.05) is 40.7 Å². The molecule has 0 atom stereocenters. The summed E-state index contributed by atoms with van der Waals surface area (Å²) in [6, 6.07) is 1.94. The van der Waals surface area contributed by atoms with Crippen LogP contribution in [0.4, 0.5) is 10.5 Å². The van der Waals surface area contributed by atoms with Gasteiger partial charge in [0.1, 0.15) is 5.60 Å². The first kappa shape index (κ1) is 16.9. The number of nitrogens with zero attached hydrogens (tertiary/aromatic N) is 1. The molecule has 0 aliphatic carbocycles. The predicted molar refractivity (Wildman–Crippen MR) is 85.7 cm³/mol. The van der Waals surface area contributed by atoms with Gasteiger partial charge in [-0.2, -0.15) is 0 Å². The van der Waals surface area contributed by atoms with Crippen molar-refractivity contribution < 1.29 is 9.53 Å². The van der Waals surface area contributed by atoms with Crippen molar-refractivity contribution in [3.8, 4) is 0 Å². The number of benzene rings is 1. The topological polar surface area (TPSA) is 55.6 Å². The Kier molecular flexibility index (Phi) is 5.10. The monoisotopic (exact) mass is 296 g/mol. The maximum absolute atomic E-state index is 12.2. The molecule has 1 amide bonds. The van der Waals surface area contributed by atoms with E-state index < -0.39 is 5.60 Å². The van der Waals surface area contributed by atoms with E-state index in [0.717, 1.165) is 27.3 Å². The van der Waals surface area contributed by atoms with Crippen LogP contribution in [0.3, 0.4) is 0 Å². The van der Waals surface area contributed by atoms with Crippen LogP contribution in [0.15, 0.2) is 11.0 Å². The van der Waals surface area contributed by atoms with Gasteiger partial charge in [-0.1, -0.05) is 0 Å². The van der Waals surface area contributed by atoms with Crippen molar-refractivity contribution in [2.45, 2.75) is 51.7 Å². The second-order valence-corrected chi connectivity index (χ2v) is 6.38. The van der Waals surface area contributed by atoms with E-state index in [9.17, 15) is 4.79 Å². The molecular weight excluding hydrogens is 272 g/mol. The normalized spacial score (nSPS) is 11.4. The highest BCUT2D eigenvalue weighted by Gasteiger charge is 2.24. The third kappa shape index (κ3) is 3.67. The minimum atomic E-state index is -0.525. The van der Waals surface area contributed by atoms with Gasteiger partial charge >= 0.3 is 6.09 Å². The SMILES string of the molecule is Cc1c(S)cc(CN)c(C)c1N(C)C(=O)OC(C)(C)C. The lowest BCUT2D eigenvalue weighted by molar-refractivity contribution is 0.0589. The second-order valence-electron chi connectivity index (χ2n) is 5.90. The fraction of sp³-hybridized carbons (Fsp3) is 0.533. The summed E-state index contributed by atoms with van der Waals surface area (Å²) in [5, 5.41) is 0. The van der Waals surface area contributed by atoms with Gasteiger partial charge in [-0.3, -0.25) is 4.90 Å². The lowest BCUT2D eigenvalue weighted by Gasteiger charge is -2.28. The molecule has 0 bridgehead atoms. The Labute approximate surface area is 126 Å². The average molecular weight is 296 g/mol. The highest BCUT2D eigenvalue weighted by atomic mass is 32.1. The Bertz CT molecular complexity index is 522. The molecule has 0 spiro atoms. The summed E-state index contributed by atoms with van der Waals surface area (Å²) in [5.74, 6) is 0. The molecule has 20 heavy (non-hydrogen) atoms. The van der Waals surface area contributed by atoms with E-state index >= 15 is 0 Å². The molecule has 0 aliphatic heterocycles. The van der Waals surface area contributed by atoms with Crippen LogP contribution in [0.2, 0.25) is 0 Å². The molecule has 0 saturated heterocycles. The first-order valence-electron chi connectivity index (χ1n) is 6.57. The number of carbonyl (C=O) groups is 1. The van der Waals surface area contributed by atoms with Gasteiger partial charge in [0.2, 0.25) is 0 Å². The summed E-state index contributed by atoms with van der Waals surface area (Å²) in [6.07, 6.45) is -0.384. The maximum atomic E-state index is 12.2. The molecule has 4 nitrogen and oxygen atoms in total. The predicted octanol–water partition coefficient (Wildman–Crippen LogP) is 3.42. The summed E-state index contributed by atoms with van der Waals surface area (Å²) in [6.45, 7) is 9.84. The largest absolute Gasteiger partial charge is 0.443 e. The van der Waals surface area contributed by atoms with Gasteiger partial charge in [0.15, 0.2) is 0 Å². The van der Waals surface area contributed by atoms with Crippen LogP contribution in [0.1, 0.15) is 37.5 Å². The van der Waals surface area contributed by atoms with E-state index in [0.29, 0.717) is 6.54 Å². The number of nitrogens with two attached hydrogens (primary N) is 1. The van der Waals surface area contributed by atoms with Gasteiger partial charge in [-0.15, -0.1) is 12.6 Å². The van der Waals surface area contributed by atoms with Gasteiger partial charge in [-0.05, 0) is 57.4 Å². The summed E-state index contributed by atoms with van der Waals surface area (Å²) < 4.78 is 5.41. The van der Waals surface area contributed by atoms with Crippen LogP contribution < -0.4 is 10.6 Å². The minimum Gasteiger partial charge on any atom is -0.443 e. The zero-order chi connectivity index (χ0) is 15.7. The number of rotatable bonds is 2. The zero-order valence-electron chi connectivity index (χ0n) is 13.1. The van der Waals surface area contributed by atoms with Crippen molar-refractivity contribution in [1.29, 1.82) is 0 Å². The van der Waals surface area contributed by atoms with Crippen LogP contribution in [-0.4, -0.2) is 18.7 Å². The Morgan fingerprint density at radius 3 is 2.35 bits per heavy atom. The molecule has 0 aromatic heterocycles. The van der Waals surface area contributed by atoms with Gasteiger partial charge in [0.05, 0.1) is 5.69 Å². The van der Waals surface area contributed by atoms with E-state index in [1.165, 1.54) is 4.90 Å². The molecule has 0 heterocycles. The van der Waals surface area contributed by atoms with E-state index in [-0.39, 0.29) is 6.09 Å². The maximum Gasteiger partial charge on any atom is 0.414 e. The van der Waals surface area contributed by atoms with Crippen molar-refractivity contribution >= 4 is 24.4 Å². The Morgan fingerprint density at radius 2 is 1.90 bits per heavy atom. The number of ether oxygens (including phenoxy) is 1. The molecule has 1 rings (SSSR count). The number of thiol groups is 1. The number of anilines is 1. The molecule has 0 fully saturated rings. The van der Waals surface area contributed by atoms with Crippen LogP contribution >= 0.6 is 12.6 Å². The van der Waals surface area contributed by atoms with Crippen LogP contribution in [0.5, 0.6) is 0 Å². The molecule has 112 valence electrons. The summed E-state index contributed by atoms with van der Waals surface area (Å²) in [4.78, 5) is 14.6. The standard InChI is InChI=1S/C15H24N2O2S/c1-9-11(8-16)7-12(20)10(2)13(9)17(6)14(18)19-15(3,4)5/h7,20H,8,16H2,1-6H3. The first-order chi connectivity index (χ1) is 9.08. The lowest BCUT2D eigenvalue weighted by atomic mass is 10.0. The molecule has 0 saturated carbocycles. The number of carbonyl (C=O) groups excluding carboxylic acids is 1. The fourth-order valence-electron chi connectivity index (χ4n) is 2.07. The van der Waals surface area contributed by atoms with Gasteiger partial charge < -0.3 is 10.5 Å². The van der Waals surface area contributed by atoms with Crippen molar-refractivity contribution in [2.24, 2.45) is 5.73 Å². The Morgan fingerprint density at radius 1 is 1.35 bits per heavy atom. The molecule has 1 aromatic carbocycles. The van der Waals surface area contributed by atoms with Crippen molar-refractivity contribution in [2.75, 3.05) is 11.9 Å². The molecular formula is C15H24N2O2S. The molecule has 0 unspecified atom stereocenters. The molecule has 2 N–H and O–H groups in total. The first-order valence-corrected chi connectivity index (χ1v) is 7.02. The van der Waals surface area contributed by atoms with Gasteiger partial charge in [-0.25, -0.2) is 4.79 Å². The van der Waals surface area contributed by atoms with E-state index in [4.69, 9.17) is 10.5 Å². The van der Waals surface area contributed by atoms with Crippen molar-refractivity contribution in [3.63, 3.8) is 0 Å². The number of hydrogen-bond donors (Lipinski definition) is 2. The van der Waals surface area contributed by atoms with E-state index in [2.05, 4.69) is 12.6 Å². The zero-order valence-corrected chi connectivity index (χ0v) is 14.0. The third-order valence-corrected chi connectivity index (χ3v) is 3.57. The Hall–Kier alpha value is -1.20. The smallest absolute Gasteiger partial charge is 0.414 e. The fourth-order valence-corrected chi connectivity index (χ4v) is 2.33. The quantitative estimate of drug-likeness (QED) is 0.822. The van der Waals surface area contributed by atoms with Crippen LogP contribution in [0.25, 0.3) is 0 Å². The second kappa shape index (κ2) is 6.06. The molecule has 1 aromatic rings.